The van der Waals surface area contributed by atoms with Gasteiger partial charge in [-0.25, -0.2) is 9.97 Å². The zero-order valence-corrected chi connectivity index (χ0v) is 30.4. The summed E-state index contributed by atoms with van der Waals surface area (Å²) in [6, 6.07) is 15.8. The molecule has 2 N–H and O–H groups in total. The molecule has 48 heavy (non-hydrogen) atoms. The van der Waals surface area contributed by atoms with Crippen molar-refractivity contribution < 1.29 is 0 Å². The average molecular weight is 637 g/mol. The van der Waals surface area contributed by atoms with E-state index in [0.717, 1.165) is 79.7 Å². The van der Waals surface area contributed by atoms with Gasteiger partial charge in [-0.3, -0.25) is 0 Å². The van der Waals surface area contributed by atoms with Crippen molar-refractivity contribution in [3.8, 4) is 11.1 Å². The maximum atomic E-state index is 5.58. The molecule has 0 aliphatic carbocycles. The molecule has 5 heterocycles. The van der Waals surface area contributed by atoms with Gasteiger partial charge in [0.05, 0.1) is 28.3 Å². The van der Waals surface area contributed by atoms with E-state index in [9.17, 15) is 0 Å². The zero-order chi connectivity index (χ0) is 34.1. The highest BCUT2D eigenvalue weighted by molar-refractivity contribution is 6.02. The second-order valence-electron chi connectivity index (χ2n) is 12.9. The highest BCUT2D eigenvalue weighted by Crippen LogP contribution is 2.43. The van der Waals surface area contributed by atoms with Crippen molar-refractivity contribution in [1.82, 2.24) is 19.9 Å². The van der Waals surface area contributed by atoms with Gasteiger partial charge in [0.1, 0.15) is 0 Å². The summed E-state index contributed by atoms with van der Waals surface area (Å²) in [5.74, 6) is 0. The SMILES string of the molecule is C=Cc1ccc(-c2c3nc(cc4nc(cc5[nH]c(cc6[nH]c2c(CC)c6CC)c(CC)c5CC)C(CC)=C4CC)C(CC)=C3CC)cc1. The fourth-order valence-electron chi connectivity index (χ4n) is 8.26. The third-order valence-electron chi connectivity index (χ3n) is 10.5. The van der Waals surface area contributed by atoms with Gasteiger partial charge in [0, 0.05) is 22.1 Å². The van der Waals surface area contributed by atoms with Gasteiger partial charge >= 0.3 is 0 Å². The number of hydrogen-bond donors (Lipinski definition) is 2. The number of aryl methyl sites for hydroxylation is 4. The summed E-state index contributed by atoms with van der Waals surface area (Å²) >= 11 is 0. The molecule has 1 aromatic carbocycles. The lowest BCUT2D eigenvalue weighted by molar-refractivity contribution is 1.07. The van der Waals surface area contributed by atoms with Crippen LogP contribution in [0.2, 0.25) is 0 Å². The molecule has 0 fully saturated rings. The van der Waals surface area contributed by atoms with Gasteiger partial charge in [-0.15, -0.1) is 0 Å². The lowest BCUT2D eigenvalue weighted by Crippen LogP contribution is -1.93. The first kappa shape index (κ1) is 33.5. The summed E-state index contributed by atoms with van der Waals surface area (Å²) in [5, 5.41) is 0. The first-order valence-electron chi connectivity index (χ1n) is 18.4. The van der Waals surface area contributed by atoms with E-state index >= 15 is 0 Å². The topological polar surface area (TPSA) is 57.4 Å². The molecule has 0 unspecified atom stereocenters. The summed E-state index contributed by atoms with van der Waals surface area (Å²) in [6.45, 7) is 22.2. The Morgan fingerprint density at radius 2 is 1.00 bits per heavy atom. The molecule has 0 saturated heterocycles. The number of aromatic amines is 2. The van der Waals surface area contributed by atoms with Crippen LogP contribution in [0.5, 0.6) is 0 Å². The molecule has 4 heteroatoms. The maximum absolute atomic E-state index is 5.58. The van der Waals surface area contributed by atoms with Gasteiger partial charge in [-0.05, 0) is 125 Å². The van der Waals surface area contributed by atoms with E-state index in [4.69, 9.17) is 9.97 Å². The number of aromatic nitrogens is 4. The molecule has 3 aromatic heterocycles. The highest BCUT2D eigenvalue weighted by atomic mass is 14.8. The Bertz CT molecular complexity index is 2110. The van der Waals surface area contributed by atoms with E-state index in [2.05, 4.69) is 114 Å². The van der Waals surface area contributed by atoms with Crippen LogP contribution in [0, 0.1) is 0 Å². The number of benzene rings is 1. The van der Waals surface area contributed by atoms with Crippen LogP contribution in [0.3, 0.4) is 0 Å². The zero-order valence-electron chi connectivity index (χ0n) is 30.4. The van der Waals surface area contributed by atoms with Gasteiger partial charge in [0.15, 0.2) is 0 Å². The van der Waals surface area contributed by atoms with E-state index < -0.39 is 0 Å². The number of fused-ring (bicyclic) bond motifs is 8. The van der Waals surface area contributed by atoms with Gasteiger partial charge in [-0.1, -0.05) is 92.3 Å². The van der Waals surface area contributed by atoms with Crippen LogP contribution in [-0.4, -0.2) is 19.9 Å². The molecule has 0 saturated carbocycles. The molecule has 4 aromatic rings. The van der Waals surface area contributed by atoms with Crippen LogP contribution in [-0.2, 0) is 25.7 Å². The molecule has 0 amide bonds. The van der Waals surface area contributed by atoms with Crippen molar-refractivity contribution >= 4 is 50.4 Å². The minimum Gasteiger partial charge on any atom is -0.355 e. The number of nitrogens with zero attached hydrogens (tertiary/aromatic N) is 2. The summed E-state index contributed by atoms with van der Waals surface area (Å²) < 4.78 is 0. The Balaban J connectivity index is 1.92. The Kier molecular flexibility index (Phi) is 9.73. The number of allylic oxidation sites excluding steroid dienone is 4. The Labute approximate surface area is 287 Å². The fraction of sp³-hybridized carbons (Fsp3) is 0.364. The number of H-pyrrole nitrogens is 2. The normalized spacial score (nSPS) is 13.2. The predicted octanol–water partition coefficient (Wildman–Crippen LogP) is 12.3. The van der Waals surface area contributed by atoms with Crippen molar-refractivity contribution in [3.63, 3.8) is 0 Å². The van der Waals surface area contributed by atoms with E-state index in [1.807, 2.05) is 6.08 Å². The smallest absolute Gasteiger partial charge is 0.0771 e. The third-order valence-corrected chi connectivity index (χ3v) is 10.5. The van der Waals surface area contributed by atoms with Crippen molar-refractivity contribution in [2.75, 3.05) is 0 Å². The molecule has 2 aliphatic rings. The average Bonchev–Trinajstić information content (AvgIpc) is 3.84. The van der Waals surface area contributed by atoms with Crippen LogP contribution in [0.15, 0.2) is 49.0 Å². The Morgan fingerprint density at radius 1 is 0.521 bits per heavy atom. The second kappa shape index (κ2) is 14.0. The number of rotatable bonds is 10. The number of hydrogen-bond acceptors (Lipinski definition) is 2. The van der Waals surface area contributed by atoms with Crippen LogP contribution < -0.4 is 0 Å². The quantitative estimate of drug-likeness (QED) is 0.182. The molecule has 4 nitrogen and oxygen atoms in total. The van der Waals surface area contributed by atoms with Crippen LogP contribution in [0.25, 0.3) is 61.6 Å². The van der Waals surface area contributed by atoms with Crippen molar-refractivity contribution in [2.24, 2.45) is 0 Å². The van der Waals surface area contributed by atoms with Crippen molar-refractivity contribution in [3.05, 3.63) is 99.6 Å². The molecule has 0 spiro atoms. The summed E-state index contributed by atoms with van der Waals surface area (Å²) in [4.78, 5) is 18.9. The molecule has 2 aliphatic heterocycles. The van der Waals surface area contributed by atoms with Gasteiger partial charge in [-0.2, -0.15) is 0 Å². The minimum atomic E-state index is 0.911. The van der Waals surface area contributed by atoms with Crippen molar-refractivity contribution in [1.29, 1.82) is 0 Å². The van der Waals surface area contributed by atoms with Crippen LogP contribution in [0.1, 0.15) is 132 Å². The van der Waals surface area contributed by atoms with Crippen LogP contribution in [0.4, 0.5) is 0 Å². The molecular formula is C44H52N4. The molecule has 8 bridgehead atoms. The molecule has 0 radical (unpaired) electrons. The Morgan fingerprint density at radius 3 is 1.54 bits per heavy atom. The first-order valence-corrected chi connectivity index (χ1v) is 18.4. The van der Waals surface area contributed by atoms with Gasteiger partial charge in [0.25, 0.3) is 0 Å². The first-order chi connectivity index (χ1) is 23.4. The highest BCUT2D eigenvalue weighted by Gasteiger charge is 2.26. The molecular weight excluding hydrogens is 585 g/mol. The van der Waals surface area contributed by atoms with Crippen LogP contribution >= 0.6 is 0 Å². The van der Waals surface area contributed by atoms with Crippen molar-refractivity contribution in [2.45, 2.75) is 107 Å². The summed E-state index contributed by atoms with van der Waals surface area (Å²) in [7, 11) is 0. The van der Waals surface area contributed by atoms with Gasteiger partial charge < -0.3 is 9.97 Å². The fourth-order valence-corrected chi connectivity index (χ4v) is 8.26. The summed E-state index contributed by atoms with van der Waals surface area (Å²) in [5.41, 5.74) is 23.4. The maximum Gasteiger partial charge on any atom is 0.0771 e. The van der Waals surface area contributed by atoms with Gasteiger partial charge in [0.2, 0.25) is 0 Å². The monoisotopic (exact) mass is 636 g/mol. The second-order valence-corrected chi connectivity index (χ2v) is 12.9. The molecule has 6 rings (SSSR count). The largest absolute Gasteiger partial charge is 0.355 e. The third kappa shape index (κ3) is 5.49. The Hall–Kier alpha value is -4.44. The lowest BCUT2D eigenvalue weighted by Gasteiger charge is -2.11. The van der Waals surface area contributed by atoms with E-state index in [-0.39, 0.29) is 0 Å². The minimum absolute atomic E-state index is 0.911. The standard InChI is InChI=1S/C44H52N4/c1-10-26-19-21-27(22-20-26)42-43-34(17-8)32(15-6)40(47-43)24-38-30(13-4)28(11-2)36(45-38)23-37-29(12-3)31(14-5)39(46-37)25-41-33(16-7)35(18-9)44(42)48-41/h10,19-25,45,47H,1,11-18H2,2-9H3. The van der Waals surface area contributed by atoms with E-state index in [1.165, 1.54) is 77.7 Å². The molecule has 248 valence electrons. The lowest BCUT2D eigenvalue weighted by atomic mass is 9.92. The summed E-state index contributed by atoms with van der Waals surface area (Å²) in [6.07, 6.45) is 9.45. The molecule has 0 atom stereocenters. The van der Waals surface area contributed by atoms with E-state index in [0.29, 0.717) is 0 Å². The predicted molar refractivity (Wildman–Crippen MR) is 209 cm³/mol. The number of nitrogens with one attached hydrogen (secondary N) is 2. The van der Waals surface area contributed by atoms with E-state index in [1.54, 1.807) is 0 Å².